The van der Waals surface area contributed by atoms with Crippen LogP contribution in [0.4, 0.5) is 0 Å². The van der Waals surface area contributed by atoms with Crippen molar-refractivity contribution < 1.29 is 17.9 Å². The van der Waals surface area contributed by atoms with Crippen molar-refractivity contribution >= 4 is 15.9 Å². The van der Waals surface area contributed by atoms with Gasteiger partial charge in [0.1, 0.15) is 10.6 Å². The van der Waals surface area contributed by atoms with Crippen LogP contribution < -0.4 is 4.74 Å². The molecule has 6 nitrogen and oxygen atoms in total. The van der Waals surface area contributed by atoms with Crippen LogP contribution in [0.15, 0.2) is 23.1 Å². The molecule has 1 heterocycles. The maximum absolute atomic E-state index is 13.0. The molecule has 0 bridgehead atoms. The number of carbonyl (C=O) groups excluding carboxylic acids is 1. The lowest BCUT2D eigenvalue weighted by molar-refractivity contribution is 0.0760. The third kappa shape index (κ3) is 4.46. The van der Waals surface area contributed by atoms with Gasteiger partial charge in [-0.3, -0.25) is 4.79 Å². The Labute approximate surface area is 162 Å². The number of amides is 1. The summed E-state index contributed by atoms with van der Waals surface area (Å²) in [6.07, 6.45) is 7.80. The zero-order chi connectivity index (χ0) is 19.4. The van der Waals surface area contributed by atoms with Crippen LogP contribution in [0.25, 0.3) is 0 Å². The molecule has 1 aliphatic carbocycles. The lowest BCUT2D eigenvalue weighted by Gasteiger charge is -2.27. The van der Waals surface area contributed by atoms with Gasteiger partial charge in [-0.25, -0.2) is 8.42 Å². The van der Waals surface area contributed by atoms with E-state index in [0.717, 1.165) is 32.2 Å². The standard InChI is InChI=1S/C20H30N2O4S/c1-21(15-16-8-4-3-5-9-16)20(23)17-10-11-18(26-2)19(14-17)27(24,25)22-12-6-7-13-22/h10-11,14,16H,3-9,12-13,15H2,1-2H3. The third-order valence-electron chi connectivity index (χ3n) is 5.70. The first kappa shape index (κ1) is 20.1. The largest absolute Gasteiger partial charge is 0.495 e. The van der Waals surface area contributed by atoms with E-state index in [-0.39, 0.29) is 16.6 Å². The van der Waals surface area contributed by atoms with Crippen LogP contribution in [0.1, 0.15) is 55.3 Å². The van der Waals surface area contributed by atoms with Crippen molar-refractivity contribution in [3.05, 3.63) is 23.8 Å². The zero-order valence-electron chi connectivity index (χ0n) is 16.3. The van der Waals surface area contributed by atoms with Gasteiger partial charge in [0, 0.05) is 32.2 Å². The summed E-state index contributed by atoms with van der Waals surface area (Å²) >= 11 is 0. The number of sulfonamides is 1. The van der Waals surface area contributed by atoms with Crippen LogP contribution >= 0.6 is 0 Å². The molecule has 2 fully saturated rings. The molecule has 3 rings (SSSR count). The van der Waals surface area contributed by atoms with Crippen molar-refractivity contribution in [2.45, 2.75) is 49.8 Å². The van der Waals surface area contributed by atoms with Gasteiger partial charge in [-0.2, -0.15) is 4.31 Å². The molecule has 1 aliphatic heterocycles. The predicted molar refractivity (Wildman–Crippen MR) is 105 cm³/mol. The van der Waals surface area contributed by atoms with Gasteiger partial charge in [-0.15, -0.1) is 0 Å². The topological polar surface area (TPSA) is 66.9 Å². The fourth-order valence-electron chi connectivity index (χ4n) is 4.14. The normalized spacial score (nSPS) is 19.2. The van der Waals surface area contributed by atoms with Gasteiger partial charge in [-0.05, 0) is 49.8 Å². The molecule has 0 spiro atoms. The molecule has 0 N–H and O–H groups in total. The van der Waals surface area contributed by atoms with Crippen molar-refractivity contribution in [3.8, 4) is 5.75 Å². The van der Waals surface area contributed by atoms with E-state index in [2.05, 4.69) is 0 Å². The minimum Gasteiger partial charge on any atom is -0.495 e. The first-order valence-corrected chi connectivity index (χ1v) is 11.3. The molecule has 7 heteroatoms. The lowest BCUT2D eigenvalue weighted by Crippen LogP contribution is -2.33. The van der Waals surface area contributed by atoms with E-state index in [1.54, 1.807) is 24.1 Å². The van der Waals surface area contributed by atoms with Gasteiger partial charge in [0.25, 0.3) is 5.91 Å². The average Bonchev–Trinajstić information content (AvgIpc) is 3.23. The number of hydrogen-bond acceptors (Lipinski definition) is 4. The van der Waals surface area contributed by atoms with E-state index in [1.807, 2.05) is 0 Å². The fourth-order valence-corrected chi connectivity index (χ4v) is 5.84. The Morgan fingerprint density at radius 2 is 1.81 bits per heavy atom. The van der Waals surface area contributed by atoms with Crippen LogP contribution in [0.2, 0.25) is 0 Å². The molecule has 1 aromatic carbocycles. The van der Waals surface area contributed by atoms with Gasteiger partial charge in [0.15, 0.2) is 0 Å². The first-order chi connectivity index (χ1) is 12.9. The van der Waals surface area contributed by atoms with E-state index >= 15 is 0 Å². The van der Waals surface area contributed by atoms with Crippen LogP contribution in [-0.2, 0) is 10.0 Å². The summed E-state index contributed by atoms with van der Waals surface area (Å²) in [4.78, 5) is 14.7. The first-order valence-electron chi connectivity index (χ1n) is 9.87. The molecule has 0 unspecified atom stereocenters. The van der Waals surface area contributed by atoms with Gasteiger partial charge in [0.05, 0.1) is 7.11 Å². The number of benzene rings is 1. The molecule has 27 heavy (non-hydrogen) atoms. The van der Waals surface area contributed by atoms with E-state index < -0.39 is 10.0 Å². The van der Waals surface area contributed by atoms with Crippen molar-refractivity contribution in [1.29, 1.82) is 0 Å². The quantitative estimate of drug-likeness (QED) is 0.743. The summed E-state index contributed by atoms with van der Waals surface area (Å²) < 4.78 is 32.7. The van der Waals surface area contributed by atoms with Crippen molar-refractivity contribution in [1.82, 2.24) is 9.21 Å². The molecular weight excluding hydrogens is 364 g/mol. The fraction of sp³-hybridized carbons (Fsp3) is 0.650. The second kappa shape index (κ2) is 8.61. The molecular formula is C20H30N2O4S. The second-order valence-corrected chi connectivity index (χ2v) is 9.57. The average molecular weight is 395 g/mol. The summed E-state index contributed by atoms with van der Waals surface area (Å²) in [5.41, 5.74) is 0.395. The summed E-state index contributed by atoms with van der Waals surface area (Å²) in [5, 5.41) is 0. The monoisotopic (exact) mass is 394 g/mol. The van der Waals surface area contributed by atoms with Gasteiger partial charge < -0.3 is 9.64 Å². The van der Waals surface area contributed by atoms with E-state index in [0.29, 0.717) is 24.6 Å². The number of carbonyl (C=O) groups is 1. The van der Waals surface area contributed by atoms with Crippen LogP contribution in [0.5, 0.6) is 5.75 Å². The highest BCUT2D eigenvalue weighted by Crippen LogP contribution is 2.30. The Hall–Kier alpha value is -1.60. The Kier molecular flexibility index (Phi) is 6.42. The smallest absolute Gasteiger partial charge is 0.253 e. The number of rotatable bonds is 6. The molecule has 1 saturated heterocycles. The highest BCUT2D eigenvalue weighted by molar-refractivity contribution is 7.89. The summed E-state index contributed by atoms with van der Waals surface area (Å²) in [6.45, 7) is 1.76. The molecule has 1 saturated carbocycles. The molecule has 1 aromatic rings. The minimum atomic E-state index is -3.65. The van der Waals surface area contributed by atoms with Crippen molar-refractivity contribution in [2.75, 3.05) is 33.8 Å². The minimum absolute atomic E-state index is 0.0869. The Balaban J connectivity index is 1.82. The molecule has 2 aliphatic rings. The van der Waals surface area contributed by atoms with E-state index in [9.17, 15) is 13.2 Å². The highest BCUT2D eigenvalue weighted by atomic mass is 32.2. The van der Waals surface area contributed by atoms with Gasteiger partial charge in [0.2, 0.25) is 10.0 Å². The zero-order valence-corrected chi connectivity index (χ0v) is 17.1. The molecule has 0 aromatic heterocycles. The van der Waals surface area contributed by atoms with E-state index in [1.165, 1.54) is 36.7 Å². The van der Waals surface area contributed by atoms with E-state index in [4.69, 9.17) is 4.74 Å². The SMILES string of the molecule is COc1ccc(C(=O)N(C)CC2CCCCC2)cc1S(=O)(=O)N1CCCC1. The number of hydrogen-bond donors (Lipinski definition) is 0. The second-order valence-electron chi connectivity index (χ2n) is 7.67. The van der Waals surface area contributed by atoms with Crippen molar-refractivity contribution in [2.24, 2.45) is 5.92 Å². The van der Waals surface area contributed by atoms with Crippen LogP contribution in [0.3, 0.4) is 0 Å². The van der Waals surface area contributed by atoms with Crippen LogP contribution in [0, 0.1) is 5.92 Å². The number of nitrogens with zero attached hydrogens (tertiary/aromatic N) is 2. The van der Waals surface area contributed by atoms with Gasteiger partial charge in [-0.1, -0.05) is 19.3 Å². The highest BCUT2D eigenvalue weighted by Gasteiger charge is 2.31. The molecule has 1 amide bonds. The van der Waals surface area contributed by atoms with Crippen molar-refractivity contribution in [3.63, 3.8) is 0 Å². The Morgan fingerprint density at radius 1 is 1.15 bits per heavy atom. The predicted octanol–water partition coefficient (Wildman–Crippen LogP) is 3.13. The lowest BCUT2D eigenvalue weighted by atomic mass is 9.89. The van der Waals surface area contributed by atoms with Gasteiger partial charge >= 0.3 is 0 Å². The summed E-state index contributed by atoms with van der Waals surface area (Å²) in [5.74, 6) is 0.688. The summed E-state index contributed by atoms with van der Waals surface area (Å²) in [6, 6.07) is 4.72. The third-order valence-corrected chi connectivity index (χ3v) is 7.62. The molecule has 150 valence electrons. The maximum atomic E-state index is 13.0. The number of ether oxygens (including phenoxy) is 1. The molecule has 0 radical (unpaired) electrons. The molecule has 0 atom stereocenters. The summed E-state index contributed by atoms with van der Waals surface area (Å²) in [7, 11) is -0.398. The Bertz CT molecular complexity index is 766. The van der Waals surface area contributed by atoms with Crippen LogP contribution in [-0.4, -0.2) is 57.3 Å². The number of methoxy groups -OCH3 is 1. The maximum Gasteiger partial charge on any atom is 0.253 e. The Morgan fingerprint density at radius 3 is 2.44 bits per heavy atom.